The van der Waals surface area contributed by atoms with Gasteiger partial charge in [0.05, 0.1) is 13.2 Å². The van der Waals surface area contributed by atoms with Crippen LogP contribution in [0.1, 0.15) is 18.3 Å². The van der Waals surface area contributed by atoms with Gasteiger partial charge in [0.2, 0.25) is 0 Å². The van der Waals surface area contributed by atoms with E-state index in [1.54, 1.807) is 0 Å². The van der Waals surface area contributed by atoms with E-state index in [2.05, 4.69) is 57.0 Å². The molecule has 0 spiro atoms. The van der Waals surface area contributed by atoms with Crippen LogP contribution < -0.4 is 9.80 Å². The van der Waals surface area contributed by atoms with Crippen molar-refractivity contribution in [2.24, 2.45) is 0 Å². The predicted molar refractivity (Wildman–Crippen MR) is 93.0 cm³/mol. The van der Waals surface area contributed by atoms with E-state index in [-0.39, 0.29) is 0 Å². The van der Waals surface area contributed by atoms with Gasteiger partial charge in [0.25, 0.3) is 0 Å². The van der Waals surface area contributed by atoms with Crippen LogP contribution in [-0.4, -0.2) is 42.8 Å². The number of anilines is 2. The maximum absolute atomic E-state index is 5.43. The highest BCUT2D eigenvalue weighted by molar-refractivity contribution is 5.51. The molecule has 5 nitrogen and oxygen atoms in total. The van der Waals surface area contributed by atoms with Crippen molar-refractivity contribution in [2.75, 3.05) is 42.6 Å². The van der Waals surface area contributed by atoms with Crippen LogP contribution in [0.15, 0.2) is 36.4 Å². The van der Waals surface area contributed by atoms with Gasteiger partial charge in [-0.1, -0.05) is 30.3 Å². The molecule has 0 saturated carbocycles. The van der Waals surface area contributed by atoms with Gasteiger partial charge >= 0.3 is 0 Å². The van der Waals surface area contributed by atoms with Crippen LogP contribution in [0.5, 0.6) is 0 Å². The molecule has 122 valence electrons. The number of ether oxygens (including phenoxy) is 1. The Morgan fingerprint density at radius 1 is 1.13 bits per heavy atom. The van der Waals surface area contributed by atoms with Gasteiger partial charge in [0.1, 0.15) is 17.5 Å². The second-order valence-corrected chi connectivity index (χ2v) is 5.73. The average molecular weight is 312 g/mol. The quantitative estimate of drug-likeness (QED) is 0.849. The fourth-order valence-corrected chi connectivity index (χ4v) is 2.81. The number of aryl methyl sites for hydroxylation is 1. The van der Waals surface area contributed by atoms with Gasteiger partial charge in [-0.05, 0) is 19.4 Å². The topological polar surface area (TPSA) is 41.5 Å². The minimum absolute atomic E-state index is 0.764. The third-order valence-corrected chi connectivity index (χ3v) is 4.07. The zero-order valence-electron chi connectivity index (χ0n) is 13.9. The largest absolute Gasteiger partial charge is 0.378 e. The highest BCUT2D eigenvalue weighted by atomic mass is 16.5. The molecule has 1 saturated heterocycles. The summed E-state index contributed by atoms with van der Waals surface area (Å²) in [6.07, 6.45) is 0. The molecule has 0 aliphatic carbocycles. The van der Waals surface area contributed by atoms with Crippen LogP contribution in [0, 0.1) is 6.92 Å². The number of hydrogen-bond acceptors (Lipinski definition) is 5. The van der Waals surface area contributed by atoms with Gasteiger partial charge in [0.15, 0.2) is 0 Å². The van der Waals surface area contributed by atoms with Crippen LogP contribution >= 0.6 is 0 Å². The van der Waals surface area contributed by atoms with E-state index in [1.807, 2.05) is 13.0 Å². The Balaban J connectivity index is 1.83. The number of rotatable bonds is 5. The van der Waals surface area contributed by atoms with Crippen molar-refractivity contribution in [3.63, 3.8) is 0 Å². The Hall–Kier alpha value is -2.14. The first-order valence-electron chi connectivity index (χ1n) is 8.23. The van der Waals surface area contributed by atoms with Gasteiger partial charge in [0, 0.05) is 32.2 Å². The number of morpholine rings is 1. The van der Waals surface area contributed by atoms with Crippen LogP contribution in [-0.2, 0) is 11.3 Å². The Morgan fingerprint density at radius 2 is 1.87 bits per heavy atom. The molecule has 0 atom stereocenters. The summed E-state index contributed by atoms with van der Waals surface area (Å²) in [5, 5.41) is 0. The van der Waals surface area contributed by atoms with Crippen molar-refractivity contribution in [3.05, 3.63) is 47.8 Å². The zero-order valence-corrected chi connectivity index (χ0v) is 13.9. The lowest BCUT2D eigenvalue weighted by molar-refractivity contribution is 0.122. The first-order chi connectivity index (χ1) is 11.3. The summed E-state index contributed by atoms with van der Waals surface area (Å²) in [6, 6.07) is 12.6. The van der Waals surface area contributed by atoms with E-state index in [0.717, 1.165) is 56.9 Å². The second kappa shape index (κ2) is 7.42. The maximum Gasteiger partial charge on any atom is 0.134 e. The summed E-state index contributed by atoms with van der Waals surface area (Å²) in [5.74, 6) is 2.81. The van der Waals surface area contributed by atoms with Crippen LogP contribution in [0.3, 0.4) is 0 Å². The molecular weight excluding hydrogens is 288 g/mol. The molecule has 1 aromatic heterocycles. The molecule has 5 heteroatoms. The van der Waals surface area contributed by atoms with E-state index in [1.165, 1.54) is 5.56 Å². The summed E-state index contributed by atoms with van der Waals surface area (Å²) >= 11 is 0. The number of hydrogen-bond donors (Lipinski definition) is 0. The fourth-order valence-electron chi connectivity index (χ4n) is 2.81. The van der Waals surface area contributed by atoms with Gasteiger partial charge in [-0.2, -0.15) is 0 Å². The lowest BCUT2D eigenvalue weighted by Crippen LogP contribution is -2.37. The lowest BCUT2D eigenvalue weighted by Gasteiger charge is -2.29. The third-order valence-electron chi connectivity index (χ3n) is 4.07. The standard InChI is InChI=1S/C18H24N4O/c1-3-21(14-16-7-5-4-6-8-16)17-13-18(20-15(2)19-17)22-9-11-23-12-10-22/h4-8,13H,3,9-12,14H2,1-2H3. The van der Waals surface area contributed by atoms with Crippen molar-refractivity contribution in [3.8, 4) is 0 Å². The van der Waals surface area contributed by atoms with Gasteiger partial charge in [-0.15, -0.1) is 0 Å². The van der Waals surface area contributed by atoms with Gasteiger partial charge in [-0.3, -0.25) is 0 Å². The zero-order chi connectivity index (χ0) is 16.1. The van der Waals surface area contributed by atoms with E-state index in [0.29, 0.717) is 0 Å². The molecular formula is C18H24N4O. The third kappa shape index (κ3) is 3.99. The Morgan fingerprint density at radius 3 is 2.57 bits per heavy atom. The molecule has 2 heterocycles. The fraction of sp³-hybridized carbons (Fsp3) is 0.444. The van der Waals surface area contributed by atoms with E-state index in [4.69, 9.17) is 4.74 Å². The molecule has 0 amide bonds. The van der Waals surface area contributed by atoms with Gasteiger partial charge in [-0.25, -0.2) is 9.97 Å². The first kappa shape index (κ1) is 15.7. The van der Waals surface area contributed by atoms with Crippen molar-refractivity contribution in [1.29, 1.82) is 0 Å². The molecule has 3 rings (SSSR count). The van der Waals surface area contributed by atoms with Crippen LogP contribution in [0.2, 0.25) is 0 Å². The Kier molecular flexibility index (Phi) is 5.08. The summed E-state index contributed by atoms with van der Waals surface area (Å²) in [5.41, 5.74) is 1.29. The first-order valence-corrected chi connectivity index (χ1v) is 8.23. The minimum atomic E-state index is 0.764. The Labute approximate surface area is 137 Å². The van der Waals surface area contributed by atoms with Crippen LogP contribution in [0.4, 0.5) is 11.6 Å². The summed E-state index contributed by atoms with van der Waals surface area (Å²) in [7, 11) is 0. The van der Waals surface area contributed by atoms with Crippen LogP contribution in [0.25, 0.3) is 0 Å². The summed E-state index contributed by atoms with van der Waals surface area (Å²) in [6.45, 7) is 9.20. The highest BCUT2D eigenvalue weighted by Crippen LogP contribution is 2.21. The number of nitrogens with zero attached hydrogens (tertiary/aromatic N) is 4. The summed E-state index contributed by atoms with van der Waals surface area (Å²) in [4.78, 5) is 13.8. The van der Waals surface area contributed by atoms with E-state index in [9.17, 15) is 0 Å². The normalized spacial score (nSPS) is 14.8. The minimum Gasteiger partial charge on any atom is -0.378 e. The van der Waals surface area contributed by atoms with Crippen molar-refractivity contribution in [2.45, 2.75) is 20.4 Å². The highest BCUT2D eigenvalue weighted by Gasteiger charge is 2.16. The van der Waals surface area contributed by atoms with Crippen molar-refractivity contribution < 1.29 is 4.74 Å². The smallest absolute Gasteiger partial charge is 0.134 e. The molecule has 0 N–H and O–H groups in total. The average Bonchev–Trinajstić information content (AvgIpc) is 2.61. The monoisotopic (exact) mass is 312 g/mol. The molecule has 0 bridgehead atoms. The van der Waals surface area contributed by atoms with Gasteiger partial charge < -0.3 is 14.5 Å². The molecule has 0 unspecified atom stereocenters. The summed E-state index contributed by atoms with van der Waals surface area (Å²) < 4.78 is 5.43. The second-order valence-electron chi connectivity index (χ2n) is 5.73. The molecule has 1 aromatic carbocycles. The predicted octanol–water partition coefficient (Wildman–Crippen LogP) is 2.65. The lowest BCUT2D eigenvalue weighted by atomic mass is 10.2. The van der Waals surface area contributed by atoms with Crippen molar-refractivity contribution >= 4 is 11.6 Å². The molecule has 23 heavy (non-hydrogen) atoms. The SMILES string of the molecule is CCN(Cc1ccccc1)c1cc(N2CCOCC2)nc(C)n1. The number of aromatic nitrogens is 2. The van der Waals surface area contributed by atoms with E-state index >= 15 is 0 Å². The number of benzene rings is 1. The van der Waals surface area contributed by atoms with E-state index < -0.39 is 0 Å². The van der Waals surface area contributed by atoms with Crippen molar-refractivity contribution in [1.82, 2.24) is 9.97 Å². The Bertz CT molecular complexity index is 626. The molecule has 1 aliphatic rings. The molecule has 2 aromatic rings. The molecule has 1 fully saturated rings. The molecule has 1 aliphatic heterocycles. The maximum atomic E-state index is 5.43. The molecule has 0 radical (unpaired) electrons.